The summed E-state index contributed by atoms with van der Waals surface area (Å²) in [6.07, 6.45) is 1.76. The summed E-state index contributed by atoms with van der Waals surface area (Å²) in [5.41, 5.74) is 5.74. The Morgan fingerprint density at radius 1 is 1.15 bits per heavy atom. The first kappa shape index (κ1) is 25.0. The second-order valence-electron chi connectivity index (χ2n) is 7.91. The van der Waals surface area contributed by atoms with Gasteiger partial charge in [-0.1, -0.05) is 29.8 Å². The summed E-state index contributed by atoms with van der Waals surface area (Å²) in [6.45, 7) is 2.67. The fourth-order valence-electron chi connectivity index (χ4n) is 3.60. The van der Waals surface area contributed by atoms with Gasteiger partial charge in [0.2, 0.25) is 21.8 Å². The van der Waals surface area contributed by atoms with E-state index >= 15 is 0 Å². The van der Waals surface area contributed by atoms with Crippen molar-refractivity contribution in [3.8, 4) is 5.75 Å². The summed E-state index contributed by atoms with van der Waals surface area (Å²) in [5.74, 6) is -0.567. The molecule has 8 nitrogen and oxygen atoms in total. The second-order valence-corrected chi connectivity index (χ2v) is 10.3. The number of aryl methyl sites for hydroxylation is 1. The van der Waals surface area contributed by atoms with Gasteiger partial charge in [0.25, 0.3) is 0 Å². The lowest BCUT2D eigenvalue weighted by Gasteiger charge is -2.31. The fraction of sp³-hybridized carbons (Fsp3) is 0.391. The molecule has 0 radical (unpaired) electrons. The smallest absolute Gasteiger partial charge is 0.243 e. The minimum Gasteiger partial charge on any atom is -0.493 e. The van der Waals surface area contributed by atoms with Crippen molar-refractivity contribution >= 4 is 33.4 Å². The van der Waals surface area contributed by atoms with Crippen molar-refractivity contribution in [1.29, 1.82) is 0 Å². The molecule has 1 fully saturated rings. The minimum absolute atomic E-state index is 0.0766. The molecule has 2 aromatic carbocycles. The number of carbonyl (C=O) groups is 2. The van der Waals surface area contributed by atoms with E-state index in [4.69, 9.17) is 16.3 Å². The van der Waals surface area contributed by atoms with Gasteiger partial charge in [-0.15, -0.1) is 0 Å². The molecule has 2 N–H and O–H groups in total. The van der Waals surface area contributed by atoms with Gasteiger partial charge in [-0.25, -0.2) is 8.42 Å². The number of rotatable bonds is 8. The van der Waals surface area contributed by atoms with E-state index in [2.05, 4.69) is 10.9 Å². The highest BCUT2D eigenvalue weighted by molar-refractivity contribution is 7.89. The van der Waals surface area contributed by atoms with Crippen LogP contribution in [0.15, 0.2) is 53.4 Å². The highest BCUT2D eigenvalue weighted by Crippen LogP contribution is 2.24. The maximum Gasteiger partial charge on any atom is 0.243 e. The minimum atomic E-state index is -3.66. The molecule has 1 unspecified atom stereocenters. The van der Waals surface area contributed by atoms with Gasteiger partial charge in [-0.3, -0.25) is 20.4 Å². The Bertz CT molecular complexity index is 1080. The van der Waals surface area contributed by atoms with Gasteiger partial charge >= 0.3 is 0 Å². The van der Waals surface area contributed by atoms with Gasteiger partial charge in [0.05, 0.1) is 17.4 Å². The van der Waals surface area contributed by atoms with E-state index in [0.29, 0.717) is 43.2 Å². The molecular weight excluding hydrogens is 466 g/mol. The summed E-state index contributed by atoms with van der Waals surface area (Å²) < 4.78 is 32.6. The Labute approximate surface area is 199 Å². The van der Waals surface area contributed by atoms with Crippen molar-refractivity contribution < 1.29 is 22.7 Å². The largest absolute Gasteiger partial charge is 0.493 e. The number of ether oxygens (including phenoxy) is 1. The Balaban J connectivity index is 1.41. The molecule has 2 aromatic rings. The molecule has 0 bridgehead atoms. The number of hydrogen-bond donors (Lipinski definition) is 2. The van der Waals surface area contributed by atoms with E-state index in [1.54, 1.807) is 36.4 Å². The van der Waals surface area contributed by atoms with Crippen LogP contribution in [0.3, 0.4) is 0 Å². The van der Waals surface area contributed by atoms with Crippen LogP contribution in [0.25, 0.3) is 0 Å². The van der Waals surface area contributed by atoms with Gasteiger partial charge in [0.1, 0.15) is 5.75 Å². The Hall–Kier alpha value is -2.62. The highest BCUT2D eigenvalue weighted by Gasteiger charge is 2.33. The van der Waals surface area contributed by atoms with Gasteiger partial charge in [-0.05, 0) is 62.1 Å². The van der Waals surface area contributed by atoms with E-state index in [-0.39, 0.29) is 23.8 Å². The zero-order valence-electron chi connectivity index (χ0n) is 18.4. The van der Waals surface area contributed by atoms with E-state index in [9.17, 15) is 18.0 Å². The average Bonchev–Trinajstić information content (AvgIpc) is 2.82. The van der Waals surface area contributed by atoms with Crippen molar-refractivity contribution in [1.82, 2.24) is 15.2 Å². The van der Waals surface area contributed by atoms with E-state index in [1.807, 2.05) is 6.92 Å². The Morgan fingerprint density at radius 2 is 1.91 bits per heavy atom. The van der Waals surface area contributed by atoms with E-state index < -0.39 is 21.8 Å². The highest BCUT2D eigenvalue weighted by atomic mass is 35.5. The number of halogens is 1. The monoisotopic (exact) mass is 493 g/mol. The molecule has 2 amide bonds. The topological polar surface area (TPSA) is 105 Å². The Morgan fingerprint density at radius 3 is 2.64 bits per heavy atom. The zero-order valence-corrected chi connectivity index (χ0v) is 20.0. The van der Waals surface area contributed by atoms with Crippen LogP contribution in [-0.2, 0) is 19.6 Å². The van der Waals surface area contributed by atoms with Crippen LogP contribution in [-0.4, -0.2) is 44.2 Å². The Kier molecular flexibility index (Phi) is 8.71. The second kappa shape index (κ2) is 11.5. The predicted octanol–water partition coefficient (Wildman–Crippen LogP) is 3.06. The van der Waals surface area contributed by atoms with E-state index in [0.717, 1.165) is 5.56 Å². The average molecular weight is 494 g/mol. The van der Waals surface area contributed by atoms with Crippen molar-refractivity contribution in [2.24, 2.45) is 5.92 Å². The number of hydrogen-bond acceptors (Lipinski definition) is 5. The van der Waals surface area contributed by atoms with Crippen molar-refractivity contribution in [2.75, 3.05) is 19.7 Å². The lowest BCUT2D eigenvalue weighted by atomic mass is 9.99. The molecule has 1 atom stereocenters. The molecule has 1 aliphatic rings. The first-order valence-corrected chi connectivity index (χ1v) is 12.6. The lowest BCUT2D eigenvalue weighted by Crippen LogP contribution is -2.50. The van der Waals surface area contributed by atoms with Gasteiger partial charge < -0.3 is 4.74 Å². The molecule has 178 valence electrons. The van der Waals surface area contributed by atoms with Gasteiger partial charge in [-0.2, -0.15) is 4.31 Å². The van der Waals surface area contributed by atoms with Crippen molar-refractivity contribution in [3.63, 3.8) is 0 Å². The summed E-state index contributed by atoms with van der Waals surface area (Å²) in [7, 11) is -3.66. The quantitative estimate of drug-likeness (QED) is 0.434. The number of benzene rings is 2. The standard InChI is InChI=1S/C23H28ClN3O5S/c1-17-15-19(24)11-12-21(17)32-14-6-10-22(28)25-26-23(29)18-7-5-13-27(16-18)33(30,31)20-8-3-2-4-9-20/h2-4,8-9,11-12,15,18H,5-7,10,13-14,16H2,1H3,(H,25,28)(H,26,29). The number of amides is 2. The number of nitrogens with zero attached hydrogens (tertiary/aromatic N) is 1. The first-order chi connectivity index (χ1) is 15.8. The molecule has 1 heterocycles. The van der Waals surface area contributed by atoms with Crippen molar-refractivity contribution in [3.05, 3.63) is 59.1 Å². The molecule has 0 saturated carbocycles. The molecule has 0 aromatic heterocycles. The third kappa shape index (κ3) is 6.93. The molecule has 10 heteroatoms. The third-order valence-electron chi connectivity index (χ3n) is 5.40. The van der Waals surface area contributed by atoms with Crippen LogP contribution in [0.4, 0.5) is 0 Å². The lowest BCUT2D eigenvalue weighted by molar-refractivity contribution is -0.132. The molecule has 1 saturated heterocycles. The zero-order chi connectivity index (χ0) is 23.8. The molecule has 33 heavy (non-hydrogen) atoms. The predicted molar refractivity (Wildman–Crippen MR) is 125 cm³/mol. The van der Waals surface area contributed by atoms with Crippen LogP contribution < -0.4 is 15.6 Å². The van der Waals surface area contributed by atoms with Crippen molar-refractivity contribution in [2.45, 2.75) is 37.5 Å². The van der Waals surface area contributed by atoms with E-state index in [1.165, 1.54) is 16.4 Å². The van der Waals surface area contributed by atoms with Crippen LogP contribution in [0, 0.1) is 12.8 Å². The van der Waals surface area contributed by atoms with Gasteiger partial charge in [0.15, 0.2) is 0 Å². The SMILES string of the molecule is Cc1cc(Cl)ccc1OCCCC(=O)NNC(=O)C1CCCN(S(=O)(=O)c2ccccc2)C1. The maximum absolute atomic E-state index is 12.8. The number of sulfonamides is 1. The van der Waals surface area contributed by atoms with Crippen LogP contribution in [0.1, 0.15) is 31.2 Å². The number of hydrazine groups is 1. The van der Waals surface area contributed by atoms with Gasteiger partial charge in [0, 0.05) is 24.5 Å². The maximum atomic E-state index is 12.8. The number of piperidine rings is 1. The molecule has 3 rings (SSSR count). The number of carbonyl (C=O) groups excluding carboxylic acids is 2. The van der Waals surface area contributed by atoms with Crippen LogP contribution >= 0.6 is 11.6 Å². The summed E-state index contributed by atoms with van der Waals surface area (Å²) in [6, 6.07) is 13.5. The van der Waals surface area contributed by atoms with Crippen LogP contribution in [0.5, 0.6) is 5.75 Å². The molecule has 0 aliphatic carbocycles. The normalized spacial score (nSPS) is 16.7. The van der Waals surface area contributed by atoms with Crippen LogP contribution in [0.2, 0.25) is 5.02 Å². The summed E-state index contributed by atoms with van der Waals surface area (Å²) >= 11 is 5.92. The first-order valence-electron chi connectivity index (χ1n) is 10.8. The molecular formula is C23H28ClN3O5S. The molecule has 1 aliphatic heterocycles. The fourth-order valence-corrected chi connectivity index (χ4v) is 5.37. The summed E-state index contributed by atoms with van der Waals surface area (Å²) in [5, 5.41) is 0.633. The third-order valence-corrected chi connectivity index (χ3v) is 7.52. The molecule has 0 spiro atoms. The summed E-state index contributed by atoms with van der Waals surface area (Å²) in [4.78, 5) is 24.8. The number of nitrogens with one attached hydrogen (secondary N) is 2.